The van der Waals surface area contributed by atoms with Gasteiger partial charge in [0.1, 0.15) is 5.82 Å². The van der Waals surface area contributed by atoms with Gasteiger partial charge in [0, 0.05) is 11.9 Å². The third-order valence-corrected chi connectivity index (χ3v) is 4.08. The van der Waals surface area contributed by atoms with Gasteiger partial charge in [-0.05, 0) is 19.4 Å². The molecule has 0 bridgehead atoms. The number of hydrogen-bond donors (Lipinski definition) is 1. The Morgan fingerprint density at radius 1 is 1.04 bits per heavy atom. The highest BCUT2D eigenvalue weighted by Crippen LogP contribution is 2.39. The number of hydrogen-bond acceptors (Lipinski definition) is 5. The third-order valence-electron chi connectivity index (χ3n) is 3.80. The third kappa shape index (κ3) is 3.13. The van der Waals surface area contributed by atoms with E-state index in [4.69, 9.17) is 17.3 Å². The van der Waals surface area contributed by atoms with Gasteiger partial charge < -0.3 is 5.73 Å². The summed E-state index contributed by atoms with van der Waals surface area (Å²) in [6.07, 6.45) is -9.19. The molecule has 27 heavy (non-hydrogen) atoms. The normalized spacial score (nSPS) is 12.8. The van der Waals surface area contributed by atoms with Crippen molar-refractivity contribution in [2.24, 2.45) is 0 Å². The second-order valence-corrected chi connectivity index (χ2v) is 5.96. The van der Waals surface area contributed by atoms with Gasteiger partial charge >= 0.3 is 12.4 Å². The smallest absolute Gasteiger partial charge is 0.383 e. The largest absolute Gasteiger partial charge is 0.451 e. The Labute approximate surface area is 152 Å². The topological polar surface area (TPSA) is 82.5 Å². The zero-order valence-corrected chi connectivity index (χ0v) is 14.3. The Balaban J connectivity index is 2.44. The Morgan fingerprint density at radius 3 is 2.22 bits per heavy atom. The van der Waals surface area contributed by atoms with E-state index >= 15 is 0 Å². The fraction of sp³-hybridized carbons (Fsp3) is 0.286. The van der Waals surface area contributed by atoms with Crippen LogP contribution in [0.25, 0.3) is 16.7 Å². The van der Waals surface area contributed by atoms with Crippen LogP contribution in [0.1, 0.15) is 22.8 Å². The van der Waals surface area contributed by atoms with Crippen LogP contribution < -0.4 is 5.73 Å². The van der Waals surface area contributed by atoms with Crippen LogP contribution in [0.5, 0.6) is 0 Å². The van der Waals surface area contributed by atoms with E-state index < -0.39 is 40.7 Å². The van der Waals surface area contributed by atoms with Crippen LogP contribution in [0.4, 0.5) is 32.2 Å². The molecule has 0 saturated carbocycles. The lowest BCUT2D eigenvalue weighted by Gasteiger charge is -2.12. The van der Waals surface area contributed by atoms with Gasteiger partial charge in [0.25, 0.3) is 0 Å². The average molecular weight is 411 g/mol. The molecule has 0 aliphatic carbocycles. The van der Waals surface area contributed by atoms with E-state index in [0.717, 1.165) is 4.68 Å². The molecule has 3 aromatic rings. The summed E-state index contributed by atoms with van der Waals surface area (Å²) in [4.78, 5) is 9.72. The average Bonchev–Trinajstić information content (AvgIpc) is 2.86. The molecule has 0 fully saturated rings. The van der Waals surface area contributed by atoms with E-state index in [1.54, 1.807) is 13.8 Å². The summed E-state index contributed by atoms with van der Waals surface area (Å²) in [5.41, 5.74) is 4.08. The van der Waals surface area contributed by atoms with Gasteiger partial charge in [-0.2, -0.15) is 26.3 Å². The van der Waals surface area contributed by atoms with Crippen molar-refractivity contribution in [2.75, 3.05) is 5.73 Å². The second kappa shape index (κ2) is 5.94. The maximum Gasteiger partial charge on any atom is 0.451 e. The quantitative estimate of drug-likeness (QED) is 0.611. The molecule has 0 radical (unpaired) electrons. The van der Waals surface area contributed by atoms with Crippen molar-refractivity contribution in [2.45, 2.75) is 26.2 Å². The highest BCUT2D eigenvalue weighted by atomic mass is 35.5. The molecule has 144 valence electrons. The number of aromatic nitrogens is 5. The van der Waals surface area contributed by atoms with Crippen molar-refractivity contribution in [3.05, 3.63) is 34.0 Å². The first-order valence-corrected chi connectivity index (χ1v) is 7.53. The van der Waals surface area contributed by atoms with E-state index in [-0.39, 0.29) is 10.7 Å². The molecule has 13 heteroatoms. The summed E-state index contributed by atoms with van der Waals surface area (Å²) in [6.45, 7) is 3.17. The molecule has 2 N–H and O–H groups in total. The van der Waals surface area contributed by atoms with E-state index in [1.165, 1.54) is 6.20 Å². The predicted molar refractivity (Wildman–Crippen MR) is 83.4 cm³/mol. The molecule has 0 unspecified atom stereocenters. The Bertz CT molecular complexity index is 1060. The summed E-state index contributed by atoms with van der Waals surface area (Å²) in [7, 11) is 0. The SMILES string of the molecule is Cc1ncc(Cl)c(-n2nc3nc(C(F)(F)F)nc(C(F)(F)F)c3c2N)c1C. The number of anilines is 1. The van der Waals surface area contributed by atoms with Gasteiger partial charge in [-0.15, -0.1) is 5.10 Å². The Morgan fingerprint density at radius 2 is 1.67 bits per heavy atom. The van der Waals surface area contributed by atoms with Crippen LogP contribution in [0.15, 0.2) is 6.20 Å². The maximum absolute atomic E-state index is 13.3. The first kappa shape index (κ1) is 19.1. The van der Waals surface area contributed by atoms with E-state index in [2.05, 4.69) is 20.1 Å². The van der Waals surface area contributed by atoms with Gasteiger partial charge in [-0.1, -0.05) is 11.6 Å². The van der Waals surface area contributed by atoms with Crippen LogP contribution >= 0.6 is 11.6 Å². The van der Waals surface area contributed by atoms with Gasteiger partial charge in [-0.25, -0.2) is 14.6 Å². The predicted octanol–water partition coefficient (Wildman–Crippen LogP) is 4.10. The zero-order chi connectivity index (χ0) is 20.3. The molecular formula is C14H9ClF6N6. The zero-order valence-electron chi connectivity index (χ0n) is 13.5. The van der Waals surface area contributed by atoms with E-state index in [0.29, 0.717) is 11.3 Å². The summed E-state index contributed by atoms with van der Waals surface area (Å²) >= 11 is 6.05. The fourth-order valence-electron chi connectivity index (χ4n) is 2.44. The molecule has 3 rings (SSSR count). The van der Waals surface area contributed by atoms with Gasteiger partial charge in [0.05, 0.1) is 16.1 Å². The van der Waals surface area contributed by atoms with Crippen LogP contribution in [-0.2, 0) is 12.4 Å². The molecule has 3 aromatic heterocycles. The number of fused-ring (bicyclic) bond motifs is 1. The minimum absolute atomic E-state index is 0.00447. The van der Waals surface area contributed by atoms with Gasteiger partial charge in [0.2, 0.25) is 5.82 Å². The molecule has 0 spiro atoms. The number of nitrogens with zero attached hydrogens (tertiary/aromatic N) is 5. The highest BCUT2D eigenvalue weighted by Gasteiger charge is 2.43. The van der Waals surface area contributed by atoms with Crippen molar-refractivity contribution in [1.82, 2.24) is 24.7 Å². The molecule has 0 aliphatic heterocycles. The number of halogens is 7. The van der Waals surface area contributed by atoms with Crippen molar-refractivity contribution in [1.29, 1.82) is 0 Å². The number of alkyl halides is 6. The monoisotopic (exact) mass is 410 g/mol. The van der Waals surface area contributed by atoms with Crippen molar-refractivity contribution in [3.8, 4) is 5.69 Å². The molecular weight excluding hydrogens is 402 g/mol. The minimum atomic E-state index is -5.21. The summed E-state index contributed by atoms with van der Waals surface area (Å²) in [5.74, 6) is -2.57. The molecule has 0 atom stereocenters. The molecule has 0 saturated heterocycles. The molecule has 0 aromatic carbocycles. The van der Waals surface area contributed by atoms with Crippen molar-refractivity contribution in [3.63, 3.8) is 0 Å². The Kier molecular flexibility index (Phi) is 4.21. The van der Waals surface area contributed by atoms with Crippen molar-refractivity contribution < 1.29 is 26.3 Å². The maximum atomic E-state index is 13.3. The lowest BCUT2D eigenvalue weighted by molar-refractivity contribution is -0.151. The number of nitrogens with two attached hydrogens (primary N) is 1. The fourth-order valence-corrected chi connectivity index (χ4v) is 2.71. The lowest BCUT2D eigenvalue weighted by Crippen LogP contribution is -2.17. The highest BCUT2D eigenvalue weighted by molar-refractivity contribution is 6.32. The van der Waals surface area contributed by atoms with E-state index in [9.17, 15) is 26.3 Å². The summed E-state index contributed by atoms with van der Waals surface area (Å²) in [5, 5.41) is 2.87. The molecule has 6 nitrogen and oxygen atoms in total. The number of nitrogen functional groups attached to an aromatic ring is 1. The van der Waals surface area contributed by atoms with Crippen molar-refractivity contribution >= 4 is 28.5 Å². The lowest BCUT2D eigenvalue weighted by atomic mass is 10.2. The number of rotatable bonds is 1. The van der Waals surface area contributed by atoms with Crippen LogP contribution in [0.2, 0.25) is 5.02 Å². The van der Waals surface area contributed by atoms with E-state index in [1.807, 2.05) is 0 Å². The molecule has 3 heterocycles. The summed E-state index contributed by atoms with van der Waals surface area (Å²) in [6, 6.07) is 0. The second-order valence-electron chi connectivity index (χ2n) is 5.55. The van der Waals surface area contributed by atoms with Crippen LogP contribution in [0, 0.1) is 13.8 Å². The molecule has 0 aliphatic rings. The van der Waals surface area contributed by atoms with Gasteiger partial charge in [0.15, 0.2) is 11.3 Å². The first-order chi connectivity index (χ1) is 12.3. The first-order valence-electron chi connectivity index (χ1n) is 7.15. The van der Waals surface area contributed by atoms with Crippen LogP contribution in [-0.4, -0.2) is 24.7 Å². The number of pyridine rings is 1. The van der Waals surface area contributed by atoms with Gasteiger partial charge in [-0.3, -0.25) is 4.98 Å². The standard InChI is InChI=1S/C14H9ClF6N6/c1-4-5(2)23-3-6(15)8(4)27-10(22)7-9(13(16,17)18)24-12(14(19,20)21)25-11(7)26-27/h3H,22H2,1-2H3. The Hall–Kier alpha value is -2.63. The summed E-state index contributed by atoms with van der Waals surface area (Å²) < 4.78 is 79.5. The number of aryl methyl sites for hydroxylation is 1. The van der Waals surface area contributed by atoms with Crippen LogP contribution in [0.3, 0.4) is 0 Å². The molecule has 0 amide bonds. The minimum Gasteiger partial charge on any atom is -0.383 e.